The third-order valence-electron chi connectivity index (χ3n) is 7.24. The zero-order valence-electron chi connectivity index (χ0n) is 20.7. The van der Waals surface area contributed by atoms with Gasteiger partial charge >= 0.3 is 0 Å². The smallest absolute Gasteiger partial charge is 0.223 e. The van der Waals surface area contributed by atoms with Crippen LogP contribution in [0.1, 0.15) is 46.0 Å². The van der Waals surface area contributed by atoms with Crippen LogP contribution in [-0.2, 0) is 22.6 Å². The monoisotopic (exact) mass is 521 g/mol. The summed E-state index contributed by atoms with van der Waals surface area (Å²) >= 11 is 7.76. The minimum absolute atomic E-state index is 0.0630. The van der Waals surface area contributed by atoms with E-state index in [-0.39, 0.29) is 30.7 Å². The number of aryl methyl sites for hydroxylation is 1. The van der Waals surface area contributed by atoms with E-state index in [2.05, 4.69) is 59.7 Å². The van der Waals surface area contributed by atoms with Crippen molar-refractivity contribution in [1.82, 2.24) is 14.7 Å². The molecule has 0 bridgehead atoms. The van der Waals surface area contributed by atoms with Gasteiger partial charge in [-0.25, -0.2) is 0 Å². The molecule has 2 aromatic carbocycles. The average Bonchev–Trinajstić information content (AvgIpc) is 3.37. The fourth-order valence-electron chi connectivity index (χ4n) is 5.30. The van der Waals surface area contributed by atoms with Gasteiger partial charge in [0.15, 0.2) is 0 Å². The third kappa shape index (κ3) is 5.66. The number of amides is 2. The molecule has 5 rings (SSSR count). The highest BCUT2D eigenvalue weighted by atomic mass is 35.5. The Bertz CT molecular complexity index is 1220. The number of hydrogen-bond acceptors (Lipinski definition) is 4. The molecular weight excluding hydrogens is 490 g/mol. The Morgan fingerprint density at radius 1 is 0.944 bits per heavy atom. The Hall–Kier alpha value is -2.67. The summed E-state index contributed by atoms with van der Waals surface area (Å²) in [5.41, 5.74) is 4.79. The van der Waals surface area contributed by atoms with Gasteiger partial charge in [0, 0.05) is 62.0 Å². The first kappa shape index (κ1) is 25.0. The van der Waals surface area contributed by atoms with Crippen LogP contribution in [0.15, 0.2) is 60.0 Å². The predicted octanol–water partition coefficient (Wildman–Crippen LogP) is 5.31. The van der Waals surface area contributed by atoms with Crippen molar-refractivity contribution >= 4 is 34.8 Å². The standard InChI is InChI=1S/C29H32ClN3O2S/c1-21-3-2-4-23(19-21)29-25-12-18-36-26(25)11-13-33(29)28(35)10-9-27(34)32-16-14-31(15-17-32)20-22-5-7-24(30)8-6-22/h2-8,12,18-19,29H,9-11,13-17,20H2,1H3. The molecule has 7 heteroatoms. The Balaban J connectivity index is 1.16. The second-order valence-electron chi connectivity index (χ2n) is 9.74. The number of halogens is 1. The fourth-order valence-corrected chi connectivity index (χ4v) is 6.33. The zero-order valence-corrected chi connectivity index (χ0v) is 22.2. The van der Waals surface area contributed by atoms with Crippen molar-refractivity contribution in [3.63, 3.8) is 0 Å². The maximum absolute atomic E-state index is 13.4. The minimum Gasteiger partial charge on any atom is -0.340 e. The molecule has 1 saturated heterocycles. The number of carbonyl (C=O) groups excluding carboxylic acids is 2. The highest BCUT2D eigenvalue weighted by Gasteiger charge is 2.33. The molecule has 3 heterocycles. The van der Waals surface area contributed by atoms with Crippen LogP contribution >= 0.6 is 22.9 Å². The molecule has 1 atom stereocenters. The van der Waals surface area contributed by atoms with Crippen molar-refractivity contribution in [3.8, 4) is 0 Å². The van der Waals surface area contributed by atoms with Gasteiger partial charge in [0.05, 0.1) is 6.04 Å². The summed E-state index contributed by atoms with van der Waals surface area (Å²) in [7, 11) is 0. The maximum atomic E-state index is 13.4. The highest BCUT2D eigenvalue weighted by Crippen LogP contribution is 2.38. The van der Waals surface area contributed by atoms with Crippen LogP contribution in [0.4, 0.5) is 0 Å². The van der Waals surface area contributed by atoms with Crippen LogP contribution in [0, 0.1) is 6.92 Å². The topological polar surface area (TPSA) is 43.9 Å². The second-order valence-corrected chi connectivity index (χ2v) is 11.2. The summed E-state index contributed by atoms with van der Waals surface area (Å²) in [6.45, 7) is 6.72. The van der Waals surface area contributed by atoms with E-state index in [4.69, 9.17) is 11.6 Å². The number of fused-ring (bicyclic) bond motifs is 1. The van der Waals surface area contributed by atoms with Crippen molar-refractivity contribution in [2.45, 2.75) is 38.8 Å². The van der Waals surface area contributed by atoms with Gasteiger partial charge in [-0.2, -0.15) is 0 Å². The normalized spacial score (nSPS) is 18.2. The number of hydrogen-bond donors (Lipinski definition) is 0. The first-order valence-electron chi connectivity index (χ1n) is 12.6. The molecule has 2 amide bonds. The van der Waals surface area contributed by atoms with Gasteiger partial charge in [0.1, 0.15) is 0 Å². The molecule has 5 nitrogen and oxygen atoms in total. The number of rotatable bonds is 6. The van der Waals surface area contributed by atoms with Crippen molar-refractivity contribution in [2.24, 2.45) is 0 Å². The van der Waals surface area contributed by atoms with E-state index >= 15 is 0 Å². The molecule has 1 fully saturated rings. The molecule has 2 aliphatic heterocycles. The summed E-state index contributed by atoms with van der Waals surface area (Å²) in [6.07, 6.45) is 1.40. The molecule has 36 heavy (non-hydrogen) atoms. The molecule has 1 unspecified atom stereocenters. The first-order valence-corrected chi connectivity index (χ1v) is 13.9. The summed E-state index contributed by atoms with van der Waals surface area (Å²) in [4.78, 5) is 34.0. The largest absolute Gasteiger partial charge is 0.340 e. The molecular formula is C29H32ClN3O2S. The number of benzene rings is 2. The first-order chi connectivity index (χ1) is 17.5. The van der Waals surface area contributed by atoms with E-state index in [0.717, 1.165) is 36.6 Å². The Morgan fingerprint density at radius 2 is 1.69 bits per heavy atom. The zero-order chi connectivity index (χ0) is 25.1. The van der Waals surface area contributed by atoms with Gasteiger partial charge < -0.3 is 9.80 Å². The number of piperazine rings is 1. The second kappa shape index (κ2) is 11.2. The van der Waals surface area contributed by atoms with Crippen LogP contribution in [0.5, 0.6) is 0 Å². The van der Waals surface area contributed by atoms with E-state index in [1.54, 1.807) is 11.3 Å². The number of carbonyl (C=O) groups is 2. The molecule has 1 aromatic heterocycles. The van der Waals surface area contributed by atoms with Gasteiger partial charge in [-0.05, 0) is 53.6 Å². The quantitative estimate of drug-likeness (QED) is 0.441. The van der Waals surface area contributed by atoms with E-state index in [0.29, 0.717) is 19.6 Å². The molecule has 0 radical (unpaired) electrons. The molecule has 0 aliphatic carbocycles. The lowest BCUT2D eigenvalue weighted by molar-refractivity contribution is -0.139. The molecule has 0 saturated carbocycles. The van der Waals surface area contributed by atoms with Gasteiger partial charge in [0.25, 0.3) is 0 Å². The minimum atomic E-state index is -0.0704. The highest BCUT2D eigenvalue weighted by molar-refractivity contribution is 7.10. The summed E-state index contributed by atoms with van der Waals surface area (Å²) in [6, 6.07) is 18.4. The van der Waals surface area contributed by atoms with Crippen molar-refractivity contribution in [3.05, 3.63) is 92.1 Å². The molecule has 188 valence electrons. The van der Waals surface area contributed by atoms with Gasteiger partial charge in [-0.3, -0.25) is 14.5 Å². The molecule has 3 aromatic rings. The van der Waals surface area contributed by atoms with Crippen LogP contribution < -0.4 is 0 Å². The maximum Gasteiger partial charge on any atom is 0.223 e. The molecule has 0 N–H and O–H groups in total. The number of nitrogens with zero attached hydrogens (tertiary/aromatic N) is 3. The van der Waals surface area contributed by atoms with E-state index in [9.17, 15) is 9.59 Å². The van der Waals surface area contributed by atoms with Gasteiger partial charge in [0.2, 0.25) is 11.8 Å². The SMILES string of the molecule is Cc1cccc(C2c3ccsc3CCN2C(=O)CCC(=O)N2CCN(Cc3ccc(Cl)cc3)CC2)c1. The third-order valence-corrected chi connectivity index (χ3v) is 8.49. The van der Waals surface area contributed by atoms with Crippen molar-refractivity contribution in [1.29, 1.82) is 0 Å². The Morgan fingerprint density at radius 3 is 2.44 bits per heavy atom. The van der Waals surface area contributed by atoms with E-state index in [1.807, 2.05) is 21.9 Å². The van der Waals surface area contributed by atoms with Crippen LogP contribution in [-0.4, -0.2) is 59.2 Å². The predicted molar refractivity (Wildman–Crippen MR) is 145 cm³/mol. The van der Waals surface area contributed by atoms with E-state index < -0.39 is 0 Å². The Labute approximate surface area is 222 Å². The van der Waals surface area contributed by atoms with E-state index in [1.165, 1.54) is 21.6 Å². The van der Waals surface area contributed by atoms with Crippen molar-refractivity contribution < 1.29 is 9.59 Å². The summed E-state index contributed by atoms with van der Waals surface area (Å²) in [5, 5.41) is 2.87. The fraction of sp³-hybridized carbons (Fsp3) is 0.379. The lowest BCUT2D eigenvalue weighted by Gasteiger charge is -2.37. The lowest BCUT2D eigenvalue weighted by atomic mass is 9.92. The van der Waals surface area contributed by atoms with Gasteiger partial charge in [-0.1, -0.05) is 53.6 Å². The molecule has 2 aliphatic rings. The molecule has 0 spiro atoms. The number of thiophene rings is 1. The average molecular weight is 522 g/mol. The van der Waals surface area contributed by atoms with Crippen LogP contribution in [0.25, 0.3) is 0 Å². The van der Waals surface area contributed by atoms with Gasteiger partial charge in [-0.15, -0.1) is 11.3 Å². The van der Waals surface area contributed by atoms with Crippen molar-refractivity contribution in [2.75, 3.05) is 32.7 Å². The Kier molecular flexibility index (Phi) is 7.75. The lowest BCUT2D eigenvalue weighted by Crippen LogP contribution is -2.48. The summed E-state index contributed by atoms with van der Waals surface area (Å²) in [5.74, 6) is 0.142. The summed E-state index contributed by atoms with van der Waals surface area (Å²) < 4.78 is 0. The van der Waals surface area contributed by atoms with Crippen LogP contribution in [0.3, 0.4) is 0 Å². The van der Waals surface area contributed by atoms with Crippen LogP contribution in [0.2, 0.25) is 5.02 Å².